The van der Waals surface area contributed by atoms with Gasteiger partial charge in [0.05, 0.1) is 27.0 Å². The van der Waals surface area contributed by atoms with E-state index in [0.717, 1.165) is 13.1 Å². The molecule has 4 rings (SSSR count). The van der Waals surface area contributed by atoms with Crippen molar-refractivity contribution in [3.8, 4) is 6.07 Å². The van der Waals surface area contributed by atoms with Crippen LogP contribution in [0.1, 0.15) is 24.4 Å². The minimum absolute atomic E-state index is 0.0630. The smallest absolute Gasteiger partial charge is 0.281 e. The van der Waals surface area contributed by atoms with Crippen LogP contribution in [0.4, 0.5) is 11.6 Å². The lowest BCUT2D eigenvalue weighted by Gasteiger charge is -2.33. The number of halogens is 2. The number of rotatable bonds is 4. The van der Waals surface area contributed by atoms with Gasteiger partial charge < -0.3 is 21.4 Å². The Morgan fingerprint density at radius 3 is 2.68 bits per heavy atom. The highest BCUT2D eigenvalue weighted by Crippen LogP contribution is 2.28. The Hall–Kier alpha value is -3.13. The highest BCUT2D eigenvalue weighted by Gasteiger charge is 2.25. The van der Waals surface area contributed by atoms with Crippen molar-refractivity contribution in [1.29, 1.82) is 5.26 Å². The van der Waals surface area contributed by atoms with Gasteiger partial charge in [0.2, 0.25) is 0 Å². The maximum Gasteiger partial charge on any atom is 0.281 e. The predicted octanol–water partition coefficient (Wildman–Crippen LogP) is 1.66. The van der Waals surface area contributed by atoms with E-state index in [1.165, 1.54) is 11.0 Å². The number of hydrogen-bond acceptors (Lipinski definition) is 9. The molecule has 0 radical (unpaired) electrons. The second-order valence-electron chi connectivity index (χ2n) is 7.00. The van der Waals surface area contributed by atoms with Gasteiger partial charge in [-0.25, -0.2) is 19.6 Å². The summed E-state index contributed by atoms with van der Waals surface area (Å²) in [5.74, 6) is 0.721. The SMILES string of the molecule is CC(Nc1ncnc(N)c1C#N)c1nc2c(Cl)ccc(Cl)c2c(=O)n1N1CCNCC1. The van der Waals surface area contributed by atoms with Crippen molar-refractivity contribution >= 4 is 45.7 Å². The normalized spacial score (nSPS) is 15.0. The van der Waals surface area contributed by atoms with E-state index in [9.17, 15) is 10.1 Å². The van der Waals surface area contributed by atoms with Crippen LogP contribution < -0.4 is 26.9 Å². The molecule has 1 aliphatic rings. The number of hydrogen-bond donors (Lipinski definition) is 3. The monoisotopic (exact) mass is 459 g/mol. The van der Waals surface area contributed by atoms with Gasteiger partial charge in [-0.05, 0) is 19.1 Å². The molecule has 2 aromatic heterocycles. The van der Waals surface area contributed by atoms with Crippen LogP contribution in [-0.2, 0) is 0 Å². The number of nitrogens with one attached hydrogen (secondary N) is 2. The quantitative estimate of drug-likeness (QED) is 0.531. The number of benzene rings is 1. The third-order valence-electron chi connectivity index (χ3n) is 5.03. The van der Waals surface area contributed by atoms with Crippen LogP contribution >= 0.6 is 23.2 Å². The van der Waals surface area contributed by atoms with E-state index < -0.39 is 6.04 Å². The summed E-state index contributed by atoms with van der Waals surface area (Å²) >= 11 is 12.7. The molecular weight excluding hydrogens is 441 g/mol. The summed E-state index contributed by atoms with van der Waals surface area (Å²) < 4.78 is 1.53. The fourth-order valence-corrected chi connectivity index (χ4v) is 3.95. The lowest BCUT2D eigenvalue weighted by atomic mass is 10.2. The van der Waals surface area contributed by atoms with Crippen molar-refractivity contribution in [2.24, 2.45) is 0 Å². The number of aromatic nitrogens is 4. The zero-order valence-corrected chi connectivity index (χ0v) is 18.1. The molecule has 0 saturated carbocycles. The molecule has 1 fully saturated rings. The fraction of sp³-hybridized carbons (Fsp3) is 0.316. The molecule has 0 spiro atoms. The maximum atomic E-state index is 13.5. The third-order valence-corrected chi connectivity index (χ3v) is 5.65. The van der Waals surface area contributed by atoms with Gasteiger partial charge in [-0.3, -0.25) is 4.79 Å². The van der Waals surface area contributed by atoms with E-state index in [4.69, 9.17) is 33.9 Å². The van der Waals surface area contributed by atoms with E-state index in [1.54, 1.807) is 12.1 Å². The van der Waals surface area contributed by atoms with Crippen molar-refractivity contribution in [3.05, 3.63) is 50.2 Å². The lowest BCUT2D eigenvalue weighted by molar-refractivity contribution is 0.461. The van der Waals surface area contributed by atoms with Gasteiger partial charge in [0, 0.05) is 26.2 Å². The van der Waals surface area contributed by atoms with Crippen LogP contribution in [0.5, 0.6) is 0 Å². The molecule has 0 bridgehead atoms. The number of anilines is 2. The third kappa shape index (κ3) is 3.83. The van der Waals surface area contributed by atoms with Crippen LogP contribution in [0.15, 0.2) is 23.3 Å². The van der Waals surface area contributed by atoms with Crippen LogP contribution in [0.25, 0.3) is 10.9 Å². The second-order valence-corrected chi connectivity index (χ2v) is 7.82. The van der Waals surface area contributed by atoms with Crippen molar-refractivity contribution in [3.63, 3.8) is 0 Å². The van der Waals surface area contributed by atoms with Crippen molar-refractivity contribution in [1.82, 2.24) is 24.9 Å². The van der Waals surface area contributed by atoms with Crippen LogP contribution in [-0.4, -0.2) is 45.8 Å². The number of piperazine rings is 1. The van der Waals surface area contributed by atoms with Crippen LogP contribution in [0, 0.1) is 11.3 Å². The Kier molecular flexibility index (Phi) is 5.82. The molecular formula is C19H19Cl2N9O. The van der Waals surface area contributed by atoms with E-state index in [0.29, 0.717) is 29.5 Å². The number of fused-ring (bicyclic) bond motifs is 1. The van der Waals surface area contributed by atoms with Gasteiger partial charge in [0.15, 0.2) is 5.82 Å². The van der Waals surface area contributed by atoms with Crippen molar-refractivity contribution in [2.75, 3.05) is 42.2 Å². The fourth-order valence-electron chi connectivity index (χ4n) is 3.52. The maximum absolute atomic E-state index is 13.5. The van der Waals surface area contributed by atoms with E-state index in [2.05, 4.69) is 20.6 Å². The lowest BCUT2D eigenvalue weighted by Crippen LogP contribution is -2.54. The molecule has 12 heteroatoms. The molecule has 1 saturated heterocycles. The average molecular weight is 460 g/mol. The first kappa shape index (κ1) is 21.1. The molecule has 1 atom stereocenters. The number of nitrogen functional groups attached to an aromatic ring is 1. The minimum atomic E-state index is -0.525. The summed E-state index contributed by atoms with van der Waals surface area (Å²) in [6, 6.07) is 4.66. The summed E-state index contributed by atoms with van der Waals surface area (Å²) in [5.41, 5.74) is 5.92. The molecule has 3 aromatic rings. The molecule has 0 aliphatic carbocycles. The van der Waals surface area contributed by atoms with Crippen LogP contribution in [0.3, 0.4) is 0 Å². The van der Waals surface area contributed by atoms with Gasteiger partial charge in [-0.1, -0.05) is 23.2 Å². The highest BCUT2D eigenvalue weighted by atomic mass is 35.5. The van der Waals surface area contributed by atoms with Crippen molar-refractivity contribution < 1.29 is 0 Å². The summed E-state index contributed by atoms with van der Waals surface area (Å²) in [6.45, 7) is 4.46. The number of nitrogens with two attached hydrogens (primary N) is 1. The van der Waals surface area contributed by atoms with Gasteiger partial charge in [0.25, 0.3) is 5.56 Å². The first-order valence-corrected chi connectivity index (χ1v) is 10.3. The first-order chi connectivity index (χ1) is 14.9. The minimum Gasteiger partial charge on any atom is -0.382 e. The topological polar surface area (TPSA) is 138 Å². The number of nitrogens with zero attached hydrogens (tertiary/aromatic N) is 6. The van der Waals surface area contributed by atoms with Gasteiger partial charge in [0.1, 0.15) is 29.6 Å². The molecule has 4 N–H and O–H groups in total. The molecule has 1 aliphatic heterocycles. The molecule has 31 heavy (non-hydrogen) atoms. The zero-order valence-electron chi connectivity index (χ0n) is 16.6. The molecule has 3 heterocycles. The number of nitriles is 1. The Morgan fingerprint density at radius 1 is 1.26 bits per heavy atom. The summed E-state index contributed by atoms with van der Waals surface area (Å²) in [7, 11) is 0. The Morgan fingerprint density at radius 2 is 1.97 bits per heavy atom. The molecule has 1 unspecified atom stereocenters. The van der Waals surface area contributed by atoms with Crippen molar-refractivity contribution in [2.45, 2.75) is 13.0 Å². The zero-order chi connectivity index (χ0) is 22.1. The average Bonchev–Trinajstić information content (AvgIpc) is 2.76. The standard InChI is InChI=1S/C19H19Cl2N9O/c1-10(27-17-11(8-22)16(23)25-9-26-17)18-28-15-13(21)3-2-12(20)14(15)19(31)30(18)29-6-4-24-5-7-29/h2-3,9-10,24H,4-7H2,1H3,(H3,23,25,26,27). The summed E-state index contributed by atoms with van der Waals surface area (Å²) in [4.78, 5) is 26.2. The Bertz CT molecular complexity index is 1250. The van der Waals surface area contributed by atoms with E-state index in [1.807, 2.05) is 18.0 Å². The highest BCUT2D eigenvalue weighted by molar-refractivity contribution is 6.39. The van der Waals surface area contributed by atoms with E-state index >= 15 is 0 Å². The summed E-state index contributed by atoms with van der Waals surface area (Å²) in [6.07, 6.45) is 1.26. The van der Waals surface area contributed by atoms with E-state index in [-0.39, 0.29) is 33.2 Å². The van der Waals surface area contributed by atoms with Gasteiger partial charge in [-0.2, -0.15) is 5.26 Å². The molecule has 160 valence electrons. The molecule has 10 nitrogen and oxygen atoms in total. The first-order valence-electron chi connectivity index (χ1n) is 9.56. The van der Waals surface area contributed by atoms with Crippen LogP contribution in [0.2, 0.25) is 10.0 Å². The second kappa shape index (κ2) is 8.55. The summed E-state index contributed by atoms with van der Waals surface area (Å²) in [5, 5.41) is 18.6. The molecule has 0 amide bonds. The molecule has 1 aromatic carbocycles. The van der Waals surface area contributed by atoms with Gasteiger partial charge >= 0.3 is 0 Å². The largest absolute Gasteiger partial charge is 0.382 e. The predicted molar refractivity (Wildman–Crippen MR) is 120 cm³/mol. The van der Waals surface area contributed by atoms with Gasteiger partial charge in [-0.15, -0.1) is 0 Å². The Balaban J connectivity index is 1.90. The Labute approximate surface area is 187 Å².